The first kappa shape index (κ1) is 16.3. The lowest BCUT2D eigenvalue weighted by molar-refractivity contribution is 0.515. The van der Waals surface area contributed by atoms with Crippen LogP contribution in [-0.2, 0) is 7.05 Å². The number of rotatable bonds is 3. The highest BCUT2D eigenvalue weighted by molar-refractivity contribution is 5.79. The Balaban J connectivity index is 2.22. The Kier molecular flexibility index (Phi) is 4.49. The number of hydrogen-bond acceptors (Lipinski definition) is 3. The molecule has 0 atom stereocenters. The van der Waals surface area contributed by atoms with E-state index in [9.17, 15) is 10.4 Å². The van der Waals surface area contributed by atoms with E-state index < -0.39 is 0 Å². The number of aromatic nitrogens is 1. The van der Waals surface area contributed by atoms with Crippen molar-refractivity contribution in [1.82, 2.24) is 4.57 Å². The van der Waals surface area contributed by atoms with E-state index in [1.165, 1.54) is 0 Å². The van der Waals surface area contributed by atoms with Crippen molar-refractivity contribution in [3.8, 4) is 17.3 Å². The Morgan fingerprint density at radius 2 is 1.68 bits per heavy atom. The summed E-state index contributed by atoms with van der Waals surface area (Å²) in [6.45, 7) is 0. The Bertz CT molecular complexity index is 1030. The third-order valence-corrected chi connectivity index (χ3v) is 4.06. The molecule has 0 amide bonds. The number of pyridine rings is 1. The highest BCUT2D eigenvalue weighted by Gasteiger charge is 2.11. The second-order valence-corrected chi connectivity index (χ2v) is 5.64. The molecule has 4 heteroatoms. The fourth-order valence-corrected chi connectivity index (χ4v) is 2.70. The van der Waals surface area contributed by atoms with E-state index in [-0.39, 0.29) is 16.8 Å². The van der Waals surface area contributed by atoms with Crippen molar-refractivity contribution in [2.75, 3.05) is 0 Å². The minimum absolute atomic E-state index is 0.0596. The number of benzene rings is 2. The first-order valence-electron chi connectivity index (χ1n) is 7.82. The maximum Gasteiger partial charge on any atom is 0.143 e. The Hall–Kier alpha value is -3.58. The molecule has 2 aromatic carbocycles. The van der Waals surface area contributed by atoms with Gasteiger partial charge in [0.2, 0.25) is 0 Å². The first-order valence-corrected chi connectivity index (χ1v) is 7.82. The van der Waals surface area contributed by atoms with E-state index in [2.05, 4.69) is 6.07 Å². The van der Waals surface area contributed by atoms with Gasteiger partial charge in [-0.3, -0.25) is 5.41 Å². The molecule has 0 spiro atoms. The van der Waals surface area contributed by atoms with Gasteiger partial charge in [0.1, 0.15) is 22.9 Å². The van der Waals surface area contributed by atoms with Gasteiger partial charge in [0.15, 0.2) is 0 Å². The van der Waals surface area contributed by atoms with Crippen molar-refractivity contribution in [2.45, 2.75) is 0 Å². The number of hydrogen-bond donors (Lipinski definition) is 2. The zero-order valence-corrected chi connectivity index (χ0v) is 13.8. The standard InChI is InChI=1S/C21H17N3O/c1-24-19(15-8-4-2-5-9-15)12-17(18(14-22)21(24)23)13-20(25)16-10-6-3-7-11-16/h2-13,23,25H,1H3. The molecule has 0 unspecified atom stereocenters. The lowest BCUT2D eigenvalue weighted by Crippen LogP contribution is -2.22. The average Bonchev–Trinajstić information content (AvgIpc) is 2.66. The lowest BCUT2D eigenvalue weighted by atomic mass is 10.0. The summed E-state index contributed by atoms with van der Waals surface area (Å²) >= 11 is 0. The van der Waals surface area contributed by atoms with Gasteiger partial charge in [0.25, 0.3) is 0 Å². The molecule has 0 radical (unpaired) electrons. The van der Waals surface area contributed by atoms with Gasteiger partial charge in [-0.05, 0) is 17.7 Å². The molecule has 3 rings (SSSR count). The van der Waals surface area contributed by atoms with E-state index in [0.717, 1.165) is 11.3 Å². The van der Waals surface area contributed by atoms with E-state index in [0.29, 0.717) is 11.1 Å². The van der Waals surface area contributed by atoms with Crippen LogP contribution in [0.15, 0.2) is 66.7 Å². The first-order chi connectivity index (χ1) is 12.1. The molecule has 122 valence electrons. The molecule has 3 aromatic rings. The van der Waals surface area contributed by atoms with Crippen LogP contribution in [0.5, 0.6) is 0 Å². The number of aliphatic hydroxyl groups excluding tert-OH is 1. The van der Waals surface area contributed by atoms with Crippen molar-refractivity contribution in [1.29, 1.82) is 10.7 Å². The SMILES string of the molecule is Cn1c(-c2ccccc2)cc(C=C(O)c2ccccc2)c(C#N)c1=N. The minimum Gasteiger partial charge on any atom is -0.507 e. The third-order valence-electron chi connectivity index (χ3n) is 4.06. The molecule has 4 nitrogen and oxygen atoms in total. The van der Waals surface area contributed by atoms with Gasteiger partial charge in [-0.15, -0.1) is 0 Å². The van der Waals surface area contributed by atoms with Gasteiger partial charge in [-0.25, -0.2) is 0 Å². The van der Waals surface area contributed by atoms with Crippen molar-refractivity contribution in [3.63, 3.8) is 0 Å². The summed E-state index contributed by atoms with van der Waals surface area (Å²) in [5.41, 5.74) is 3.26. The normalized spacial score (nSPS) is 11.1. The van der Waals surface area contributed by atoms with Crippen LogP contribution in [0.4, 0.5) is 0 Å². The van der Waals surface area contributed by atoms with Crippen LogP contribution in [0.1, 0.15) is 16.7 Å². The van der Waals surface area contributed by atoms with Gasteiger partial charge in [0, 0.05) is 23.9 Å². The van der Waals surface area contributed by atoms with Crippen LogP contribution < -0.4 is 5.49 Å². The predicted octanol–water partition coefficient (Wildman–Crippen LogP) is 4.10. The Labute approximate surface area is 146 Å². The average molecular weight is 327 g/mol. The van der Waals surface area contributed by atoms with E-state index in [1.54, 1.807) is 29.8 Å². The molecule has 2 N–H and O–H groups in total. The summed E-state index contributed by atoms with van der Waals surface area (Å²) in [5, 5.41) is 28.2. The van der Waals surface area contributed by atoms with Crippen molar-refractivity contribution >= 4 is 11.8 Å². The summed E-state index contributed by atoms with van der Waals surface area (Å²) < 4.78 is 1.67. The zero-order valence-electron chi connectivity index (χ0n) is 13.8. The molecule has 0 saturated carbocycles. The predicted molar refractivity (Wildman–Crippen MR) is 98.4 cm³/mol. The monoisotopic (exact) mass is 327 g/mol. The zero-order chi connectivity index (χ0) is 17.8. The van der Waals surface area contributed by atoms with Crippen molar-refractivity contribution < 1.29 is 5.11 Å². The summed E-state index contributed by atoms with van der Waals surface area (Å²) in [4.78, 5) is 0. The molecule has 25 heavy (non-hydrogen) atoms. The number of nitrogens with zero attached hydrogens (tertiary/aromatic N) is 2. The summed E-state index contributed by atoms with van der Waals surface area (Å²) in [5.74, 6) is 0.0596. The Morgan fingerprint density at radius 1 is 1.08 bits per heavy atom. The molecule has 0 saturated heterocycles. The molecule has 0 fully saturated rings. The molecule has 0 aliphatic heterocycles. The fraction of sp³-hybridized carbons (Fsp3) is 0.0476. The fourth-order valence-electron chi connectivity index (χ4n) is 2.70. The minimum atomic E-state index is 0.0596. The van der Waals surface area contributed by atoms with Crippen LogP contribution in [0, 0.1) is 16.7 Å². The molecule has 0 aliphatic rings. The topological polar surface area (TPSA) is 72.8 Å². The molecule has 0 aliphatic carbocycles. The summed E-state index contributed by atoms with van der Waals surface area (Å²) in [6, 6.07) is 22.7. The highest BCUT2D eigenvalue weighted by atomic mass is 16.3. The lowest BCUT2D eigenvalue weighted by Gasteiger charge is -2.13. The maximum absolute atomic E-state index is 10.4. The molecular weight excluding hydrogens is 310 g/mol. The van der Waals surface area contributed by atoms with Crippen LogP contribution in [0.25, 0.3) is 23.1 Å². The second-order valence-electron chi connectivity index (χ2n) is 5.64. The quantitative estimate of drug-likeness (QED) is 0.711. The molecule has 1 heterocycles. The third kappa shape index (κ3) is 3.22. The smallest absolute Gasteiger partial charge is 0.143 e. The van der Waals surface area contributed by atoms with E-state index in [4.69, 9.17) is 5.41 Å². The number of aliphatic hydroxyl groups is 1. The van der Waals surface area contributed by atoms with Crippen LogP contribution in [0.2, 0.25) is 0 Å². The van der Waals surface area contributed by atoms with Crippen molar-refractivity contribution in [3.05, 3.63) is 88.9 Å². The largest absolute Gasteiger partial charge is 0.507 e. The van der Waals surface area contributed by atoms with Gasteiger partial charge in [-0.1, -0.05) is 60.7 Å². The van der Waals surface area contributed by atoms with Crippen LogP contribution >= 0.6 is 0 Å². The van der Waals surface area contributed by atoms with E-state index in [1.807, 2.05) is 54.6 Å². The molecular formula is C21H17N3O. The summed E-state index contributed by atoms with van der Waals surface area (Å²) in [7, 11) is 1.76. The highest BCUT2D eigenvalue weighted by Crippen LogP contribution is 2.23. The van der Waals surface area contributed by atoms with Crippen LogP contribution in [-0.4, -0.2) is 9.67 Å². The van der Waals surface area contributed by atoms with Gasteiger partial charge < -0.3 is 9.67 Å². The van der Waals surface area contributed by atoms with E-state index >= 15 is 0 Å². The number of nitrogens with one attached hydrogen (secondary N) is 1. The molecule has 0 bridgehead atoms. The maximum atomic E-state index is 10.4. The van der Waals surface area contributed by atoms with Gasteiger partial charge >= 0.3 is 0 Å². The molecule has 1 aromatic heterocycles. The van der Waals surface area contributed by atoms with Crippen molar-refractivity contribution in [2.24, 2.45) is 7.05 Å². The summed E-state index contributed by atoms with van der Waals surface area (Å²) in [6.07, 6.45) is 1.54. The second kappa shape index (κ2) is 6.90. The number of nitriles is 1. The van der Waals surface area contributed by atoms with Gasteiger partial charge in [-0.2, -0.15) is 5.26 Å². The Morgan fingerprint density at radius 3 is 2.28 bits per heavy atom. The van der Waals surface area contributed by atoms with Gasteiger partial charge in [0.05, 0.1) is 0 Å². The van der Waals surface area contributed by atoms with Crippen LogP contribution in [0.3, 0.4) is 0 Å².